The van der Waals surface area contributed by atoms with Gasteiger partial charge in [-0.25, -0.2) is 0 Å². The Morgan fingerprint density at radius 3 is 3.10 bits per heavy atom. The number of allylic oxidation sites excluding steroid dienone is 4. The molecule has 0 radical (unpaired) electrons. The Bertz CT molecular complexity index is 546. The summed E-state index contributed by atoms with van der Waals surface area (Å²) >= 11 is 0. The molecule has 20 heavy (non-hydrogen) atoms. The van der Waals surface area contributed by atoms with Crippen molar-refractivity contribution in [1.29, 1.82) is 0 Å². The van der Waals surface area contributed by atoms with Crippen LogP contribution in [0.3, 0.4) is 0 Å². The molecule has 4 heteroatoms. The minimum absolute atomic E-state index is 0.279. The molecule has 4 rings (SSSR count). The van der Waals surface area contributed by atoms with E-state index in [0.717, 1.165) is 36.5 Å². The summed E-state index contributed by atoms with van der Waals surface area (Å²) < 4.78 is 0. The highest BCUT2D eigenvalue weighted by molar-refractivity contribution is 5.98. The predicted molar refractivity (Wildman–Crippen MR) is 77.3 cm³/mol. The number of primary amides is 1. The average molecular weight is 271 g/mol. The Morgan fingerprint density at radius 2 is 2.25 bits per heavy atom. The second kappa shape index (κ2) is 4.57. The number of rotatable bonds is 1. The van der Waals surface area contributed by atoms with Gasteiger partial charge >= 0.3 is 0 Å². The van der Waals surface area contributed by atoms with E-state index in [2.05, 4.69) is 23.0 Å². The first-order valence-electron chi connectivity index (χ1n) is 7.64. The summed E-state index contributed by atoms with van der Waals surface area (Å²) in [4.78, 5) is 11.6. The van der Waals surface area contributed by atoms with Crippen molar-refractivity contribution in [3.05, 3.63) is 34.9 Å². The monoisotopic (exact) mass is 271 g/mol. The molecule has 4 N–H and O–H groups in total. The van der Waals surface area contributed by atoms with E-state index < -0.39 is 0 Å². The van der Waals surface area contributed by atoms with Gasteiger partial charge in [0.1, 0.15) is 0 Å². The van der Waals surface area contributed by atoms with Crippen LogP contribution in [0.4, 0.5) is 0 Å². The lowest BCUT2D eigenvalue weighted by Crippen LogP contribution is -2.41. The van der Waals surface area contributed by atoms with Gasteiger partial charge in [0.15, 0.2) is 0 Å². The van der Waals surface area contributed by atoms with Gasteiger partial charge in [-0.1, -0.05) is 23.8 Å². The van der Waals surface area contributed by atoms with E-state index in [9.17, 15) is 4.79 Å². The first-order valence-corrected chi connectivity index (χ1v) is 7.64. The maximum absolute atomic E-state index is 11.6. The van der Waals surface area contributed by atoms with Gasteiger partial charge in [-0.15, -0.1) is 0 Å². The molecule has 1 saturated heterocycles. The lowest BCUT2D eigenvalue weighted by Gasteiger charge is -2.41. The summed E-state index contributed by atoms with van der Waals surface area (Å²) in [5, 5.41) is 0. The number of hydrogen-bond donors (Lipinski definition) is 3. The number of fused-ring (bicyclic) bond motifs is 3. The van der Waals surface area contributed by atoms with Gasteiger partial charge in [-0.05, 0) is 49.0 Å². The normalized spacial score (nSPS) is 38.9. The van der Waals surface area contributed by atoms with Crippen LogP contribution in [0.5, 0.6) is 0 Å². The molecule has 0 aromatic heterocycles. The zero-order valence-corrected chi connectivity index (χ0v) is 11.6. The zero-order valence-electron chi connectivity index (χ0n) is 11.6. The van der Waals surface area contributed by atoms with Crippen LogP contribution in [0.25, 0.3) is 0 Å². The average Bonchev–Trinajstić information content (AvgIpc) is 2.91. The van der Waals surface area contributed by atoms with E-state index in [1.807, 2.05) is 6.08 Å². The Kier molecular flexibility index (Phi) is 2.82. The van der Waals surface area contributed by atoms with Crippen molar-refractivity contribution in [3.63, 3.8) is 0 Å². The molecule has 1 amide bonds. The van der Waals surface area contributed by atoms with Gasteiger partial charge in [-0.2, -0.15) is 0 Å². The molecule has 4 atom stereocenters. The number of carbonyl (C=O) groups is 1. The van der Waals surface area contributed by atoms with E-state index in [4.69, 9.17) is 5.73 Å². The lowest BCUT2D eigenvalue weighted by atomic mass is 9.64. The molecule has 4 nitrogen and oxygen atoms in total. The smallest absolute Gasteiger partial charge is 0.248 e. The van der Waals surface area contributed by atoms with Crippen molar-refractivity contribution in [2.45, 2.75) is 31.7 Å². The molecule has 0 spiro atoms. The summed E-state index contributed by atoms with van der Waals surface area (Å²) in [5.41, 5.74) is 15.6. The fraction of sp³-hybridized carbons (Fsp3) is 0.562. The van der Waals surface area contributed by atoms with E-state index >= 15 is 0 Å². The molecule has 1 aliphatic heterocycles. The number of nitrogens with two attached hydrogens (primary N) is 1. The van der Waals surface area contributed by atoms with E-state index in [1.54, 1.807) is 0 Å². The molecule has 0 bridgehead atoms. The van der Waals surface area contributed by atoms with Crippen molar-refractivity contribution < 1.29 is 4.79 Å². The summed E-state index contributed by atoms with van der Waals surface area (Å²) in [5.74, 6) is 1.67. The first-order chi connectivity index (χ1) is 9.74. The van der Waals surface area contributed by atoms with Crippen molar-refractivity contribution in [2.24, 2.45) is 23.5 Å². The van der Waals surface area contributed by atoms with Crippen LogP contribution >= 0.6 is 0 Å². The minimum Gasteiger partial charge on any atom is -0.366 e. The number of hydrogen-bond acceptors (Lipinski definition) is 3. The Labute approximate surface area is 119 Å². The largest absolute Gasteiger partial charge is 0.366 e. The topological polar surface area (TPSA) is 67.2 Å². The van der Waals surface area contributed by atoms with Crippen molar-refractivity contribution in [2.75, 3.05) is 6.54 Å². The summed E-state index contributed by atoms with van der Waals surface area (Å²) in [6.07, 6.45) is 10.9. The molecular formula is C16H21N3O. The highest BCUT2D eigenvalue weighted by Gasteiger charge is 2.42. The van der Waals surface area contributed by atoms with Crippen molar-refractivity contribution >= 4 is 5.91 Å². The molecule has 4 aliphatic rings. The second-order valence-electron chi connectivity index (χ2n) is 6.45. The minimum atomic E-state index is -0.279. The van der Waals surface area contributed by atoms with Crippen molar-refractivity contribution in [1.82, 2.24) is 10.9 Å². The van der Waals surface area contributed by atoms with Gasteiger partial charge in [0.25, 0.3) is 0 Å². The van der Waals surface area contributed by atoms with Crippen LogP contribution in [0.2, 0.25) is 0 Å². The SMILES string of the molecule is NC(=O)C1=CCCC2=C1C=CC1CC3NNCC3CC21. The maximum atomic E-state index is 11.6. The molecule has 3 aliphatic carbocycles. The zero-order chi connectivity index (χ0) is 13.7. The van der Waals surface area contributed by atoms with E-state index in [0.29, 0.717) is 17.9 Å². The van der Waals surface area contributed by atoms with E-state index in [-0.39, 0.29) is 5.91 Å². The Balaban J connectivity index is 1.68. The molecule has 2 fully saturated rings. The van der Waals surface area contributed by atoms with E-state index in [1.165, 1.54) is 18.4 Å². The Hall–Kier alpha value is -1.39. The van der Waals surface area contributed by atoms with Crippen LogP contribution < -0.4 is 16.6 Å². The molecule has 1 saturated carbocycles. The number of carbonyl (C=O) groups excluding carboxylic acids is 1. The van der Waals surface area contributed by atoms with Crippen LogP contribution in [-0.2, 0) is 4.79 Å². The third kappa shape index (κ3) is 1.79. The Morgan fingerprint density at radius 1 is 1.35 bits per heavy atom. The quantitative estimate of drug-likeness (QED) is 0.671. The highest BCUT2D eigenvalue weighted by atomic mass is 16.1. The van der Waals surface area contributed by atoms with Crippen LogP contribution in [-0.4, -0.2) is 18.5 Å². The summed E-state index contributed by atoms with van der Waals surface area (Å²) in [6, 6.07) is 0.609. The number of nitrogens with one attached hydrogen (secondary N) is 2. The molecule has 106 valence electrons. The molecule has 4 unspecified atom stereocenters. The molecular weight excluding hydrogens is 250 g/mol. The van der Waals surface area contributed by atoms with Crippen LogP contribution in [0, 0.1) is 17.8 Å². The third-order valence-electron chi connectivity index (χ3n) is 5.44. The standard InChI is InChI=1S/C16H21N3O/c17-16(20)13-3-1-2-11-12(13)5-4-9-7-15-10(6-14(9)11)8-18-19-15/h3-5,9-10,14-15,18-19H,1-2,6-8H2,(H2,17,20). The molecule has 0 aromatic rings. The maximum Gasteiger partial charge on any atom is 0.248 e. The van der Waals surface area contributed by atoms with Crippen LogP contribution in [0.1, 0.15) is 25.7 Å². The molecule has 0 aromatic carbocycles. The van der Waals surface area contributed by atoms with Gasteiger partial charge < -0.3 is 5.73 Å². The molecule has 1 heterocycles. The third-order valence-corrected chi connectivity index (χ3v) is 5.44. The van der Waals surface area contributed by atoms with Gasteiger partial charge in [0, 0.05) is 18.2 Å². The fourth-order valence-corrected chi connectivity index (χ4v) is 4.48. The van der Waals surface area contributed by atoms with Crippen LogP contribution in [0.15, 0.2) is 34.9 Å². The highest BCUT2D eigenvalue weighted by Crippen LogP contribution is 2.47. The summed E-state index contributed by atoms with van der Waals surface area (Å²) in [6.45, 7) is 1.07. The van der Waals surface area contributed by atoms with Gasteiger partial charge in [-0.3, -0.25) is 15.6 Å². The fourth-order valence-electron chi connectivity index (χ4n) is 4.48. The predicted octanol–water partition coefficient (Wildman–Crippen LogP) is 1.18. The number of amides is 1. The summed E-state index contributed by atoms with van der Waals surface area (Å²) in [7, 11) is 0. The second-order valence-corrected chi connectivity index (χ2v) is 6.45. The lowest BCUT2D eigenvalue weighted by molar-refractivity contribution is -0.114. The first kappa shape index (κ1) is 12.4. The van der Waals surface area contributed by atoms with Gasteiger partial charge in [0.05, 0.1) is 0 Å². The van der Waals surface area contributed by atoms with Gasteiger partial charge in [0.2, 0.25) is 5.91 Å². The number of hydrazine groups is 1. The van der Waals surface area contributed by atoms with Crippen molar-refractivity contribution in [3.8, 4) is 0 Å².